The van der Waals surface area contributed by atoms with Gasteiger partial charge >= 0.3 is 0 Å². The molecule has 0 unspecified atom stereocenters. The van der Waals surface area contributed by atoms with Crippen molar-refractivity contribution in [2.24, 2.45) is 7.05 Å². The maximum Gasteiger partial charge on any atom is 0.0509 e. The van der Waals surface area contributed by atoms with Crippen LogP contribution in [0, 0.1) is 13.8 Å². The molecule has 2 nitrogen and oxygen atoms in total. The average molecular weight is 377 g/mol. The smallest absolute Gasteiger partial charge is 0.0509 e. The quantitative estimate of drug-likeness (QED) is 0.318. The molecule has 0 aliphatic heterocycles. The second kappa shape index (κ2) is 6.82. The highest BCUT2D eigenvalue weighted by Gasteiger charge is 2.15. The minimum Gasteiger partial charge on any atom is -0.344 e. The summed E-state index contributed by atoms with van der Waals surface area (Å²) in [5.41, 5.74) is 8.53. The second-order valence-electron chi connectivity index (χ2n) is 7.78. The third kappa shape index (κ3) is 2.98. The summed E-state index contributed by atoms with van der Waals surface area (Å²) in [4.78, 5) is 2.33. The van der Waals surface area contributed by atoms with Crippen LogP contribution < -0.4 is 4.90 Å². The maximum atomic E-state index is 2.33. The molecule has 29 heavy (non-hydrogen) atoms. The molecule has 0 N–H and O–H groups in total. The van der Waals surface area contributed by atoms with E-state index in [0.29, 0.717) is 0 Å². The van der Waals surface area contributed by atoms with Gasteiger partial charge < -0.3 is 9.47 Å². The van der Waals surface area contributed by atoms with Crippen molar-refractivity contribution in [2.75, 3.05) is 4.90 Å². The van der Waals surface area contributed by atoms with Gasteiger partial charge in [0.25, 0.3) is 0 Å². The molecular weight excluding hydrogens is 352 g/mol. The Morgan fingerprint density at radius 3 is 1.69 bits per heavy atom. The van der Waals surface area contributed by atoms with Gasteiger partial charge in [0, 0.05) is 40.4 Å². The van der Waals surface area contributed by atoms with Crippen LogP contribution in [0.25, 0.3) is 21.8 Å². The highest BCUT2D eigenvalue weighted by molar-refractivity contribution is 6.09. The molecule has 1 aromatic heterocycles. The van der Waals surface area contributed by atoms with Crippen molar-refractivity contribution < 1.29 is 0 Å². The van der Waals surface area contributed by atoms with Crippen molar-refractivity contribution in [1.82, 2.24) is 4.57 Å². The van der Waals surface area contributed by atoms with Crippen LogP contribution in [0.5, 0.6) is 0 Å². The van der Waals surface area contributed by atoms with Crippen molar-refractivity contribution in [3.8, 4) is 0 Å². The van der Waals surface area contributed by atoms with Crippen LogP contribution in [0.1, 0.15) is 11.1 Å². The summed E-state index contributed by atoms with van der Waals surface area (Å²) >= 11 is 0. The molecule has 0 bridgehead atoms. The Morgan fingerprint density at radius 2 is 1.07 bits per heavy atom. The molecule has 2 heteroatoms. The summed E-state index contributed by atoms with van der Waals surface area (Å²) in [6.45, 7) is 4.25. The molecule has 0 spiro atoms. The van der Waals surface area contributed by atoms with E-state index in [1.165, 1.54) is 32.9 Å². The Labute approximate surface area is 171 Å². The SMILES string of the molecule is Cc1ccc(N(c2ccc(C)cc2)c2ccc3c4ccccc4n(C)c3c2)cc1. The fourth-order valence-electron chi connectivity index (χ4n) is 4.12. The largest absolute Gasteiger partial charge is 0.344 e. The van der Waals surface area contributed by atoms with Gasteiger partial charge in [-0.05, 0) is 56.3 Å². The number of aromatic nitrogens is 1. The minimum absolute atomic E-state index is 1.16. The van der Waals surface area contributed by atoms with Crippen LogP contribution in [-0.2, 0) is 7.05 Å². The summed E-state index contributed by atoms with van der Waals surface area (Å²) in [5.74, 6) is 0. The van der Waals surface area contributed by atoms with E-state index in [4.69, 9.17) is 0 Å². The zero-order valence-electron chi connectivity index (χ0n) is 17.1. The van der Waals surface area contributed by atoms with Crippen molar-refractivity contribution >= 4 is 38.9 Å². The molecule has 1 heterocycles. The van der Waals surface area contributed by atoms with Gasteiger partial charge in [0.1, 0.15) is 0 Å². The number of hydrogen-bond donors (Lipinski definition) is 0. The number of benzene rings is 4. The molecule has 0 saturated carbocycles. The van der Waals surface area contributed by atoms with Gasteiger partial charge in [-0.3, -0.25) is 0 Å². The maximum absolute atomic E-state index is 2.33. The Hall–Kier alpha value is -3.52. The topological polar surface area (TPSA) is 8.17 Å². The fraction of sp³-hybridized carbons (Fsp3) is 0.111. The lowest BCUT2D eigenvalue weighted by Crippen LogP contribution is -2.10. The third-order valence-corrected chi connectivity index (χ3v) is 5.74. The first-order valence-corrected chi connectivity index (χ1v) is 10.0. The predicted molar refractivity (Wildman–Crippen MR) is 125 cm³/mol. The van der Waals surface area contributed by atoms with E-state index in [0.717, 1.165) is 17.1 Å². The normalized spacial score (nSPS) is 11.3. The van der Waals surface area contributed by atoms with E-state index >= 15 is 0 Å². The van der Waals surface area contributed by atoms with E-state index in [1.807, 2.05) is 0 Å². The average Bonchev–Trinajstić information content (AvgIpc) is 3.03. The lowest BCUT2D eigenvalue weighted by Gasteiger charge is -2.26. The minimum atomic E-state index is 1.16. The fourth-order valence-corrected chi connectivity index (χ4v) is 4.12. The van der Waals surface area contributed by atoms with Crippen LogP contribution in [0.3, 0.4) is 0 Å². The van der Waals surface area contributed by atoms with E-state index in [9.17, 15) is 0 Å². The highest BCUT2D eigenvalue weighted by atomic mass is 15.1. The van der Waals surface area contributed by atoms with Gasteiger partial charge in [-0.25, -0.2) is 0 Å². The summed E-state index contributed by atoms with van der Waals surface area (Å²) in [6, 6.07) is 32.9. The number of nitrogens with zero attached hydrogens (tertiary/aromatic N) is 2. The van der Waals surface area contributed by atoms with Crippen molar-refractivity contribution in [3.63, 3.8) is 0 Å². The lowest BCUT2D eigenvalue weighted by atomic mass is 10.1. The molecule has 142 valence electrons. The first-order valence-electron chi connectivity index (χ1n) is 10.0. The monoisotopic (exact) mass is 376 g/mol. The molecule has 0 fully saturated rings. The summed E-state index contributed by atoms with van der Waals surface area (Å²) < 4.78 is 2.29. The van der Waals surface area contributed by atoms with E-state index < -0.39 is 0 Å². The van der Waals surface area contributed by atoms with Crippen molar-refractivity contribution in [3.05, 3.63) is 102 Å². The van der Waals surface area contributed by atoms with E-state index in [2.05, 4.69) is 121 Å². The number of hydrogen-bond acceptors (Lipinski definition) is 1. The number of para-hydroxylation sites is 1. The second-order valence-corrected chi connectivity index (χ2v) is 7.78. The Morgan fingerprint density at radius 1 is 0.552 bits per heavy atom. The zero-order chi connectivity index (χ0) is 20.0. The van der Waals surface area contributed by atoms with Gasteiger partial charge in [-0.15, -0.1) is 0 Å². The molecule has 0 aliphatic rings. The Balaban J connectivity index is 1.74. The number of aryl methyl sites for hydroxylation is 3. The Kier molecular flexibility index (Phi) is 4.13. The van der Waals surface area contributed by atoms with E-state index in [-0.39, 0.29) is 0 Å². The van der Waals surface area contributed by atoms with Crippen LogP contribution in [-0.4, -0.2) is 4.57 Å². The van der Waals surface area contributed by atoms with Gasteiger partial charge in [0.2, 0.25) is 0 Å². The number of anilines is 3. The molecule has 0 radical (unpaired) electrons. The zero-order valence-corrected chi connectivity index (χ0v) is 17.1. The molecule has 4 aromatic carbocycles. The van der Waals surface area contributed by atoms with Crippen molar-refractivity contribution in [2.45, 2.75) is 13.8 Å². The van der Waals surface area contributed by atoms with Crippen LogP contribution in [0.4, 0.5) is 17.1 Å². The van der Waals surface area contributed by atoms with Gasteiger partial charge in [0.15, 0.2) is 0 Å². The van der Waals surface area contributed by atoms with Gasteiger partial charge in [-0.1, -0.05) is 59.7 Å². The van der Waals surface area contributed by atoms with Crippen molar-refractivity contribution in [1.29, 1.82) is 0 Å². The standard InChI is InChI=1S/C27H24N2/c1-19-8-12-21(13-9-19)29(22-14-10-20(2)11-15-22)23-16-17-25-24-6-4-5-7-26(24)28(3)27(25)18-23/h4-18H,1-3H3. The molecule has 0 aliphatic carbocycles. The number of fused-ring (bicyclic) bond motifs is 3. The number of rotatable bonds is 3. The molecule has 5 aromatic rings. The predicted octanol–water partition coefficient (Wildman–Crippen LogP) is 7.42. The summed E-state index contributed by atoms with van der Waals surface area (Å²) in [5, 5.41) is 2.59. The lowest BCUT2D eigenvalue weighted by molar-refractivity contribution is 1.01. The summed E-state index contributed by atoms with van der Waals surface area (Å²) in [7, 11) is 2.15. The molecule has 0 amide bonds. The van der Waals surface area contributed by atoms with Gasteiger partial charge in [0.05, 0.1) is 5.52 Å². The molecule has 0 atom stereocenters. The first kappa shape index (κ1) is 17.6. The van der Waals surface area contributed by atoms with E-state index in [1.54, 1.807) is 0 Å². The third-order valence-electron chi connectivity index (χ3n) is 5.74. The van der Waals surface area contributed by atoms with Crippen LogP contribution in [0.2, 0.25) is 0 Å². The summed E-state index contributed by atoms with van der Waals surface area (Å²) in [6.07, 6.45) is 0. The molecular formula is C27H24N2. The highest BCUT2D eigenvalue weighted by Crippen LogP contribution is 2.38. The van der Waals surface area contributed by atoms with Crippen LogP contribution in [0.15, 0.2) is 91.0 Å². The Bertz CT molecular complexity index is 1260. The van der Waals surface area contributed by atoms with Crippen LogP contribution >= 0.6 is 0 Å². The first-order chi connectivity index (χ1) is 14.1. The van der Waals surface area contributed by atoms with Gasteiger partial charge in [-0.2, -0.15) is 0 Å². The molecule has 5 rings (SSSR count). The molecule has 0 saturated heterocycles.